The molecule has 1 saturated heterocycles. The van der Waals surface area contributed by atoms with Crippen molar-refractivity contribution in [2.45, 2.75) is 0 Å². The molecule has 0 unspecified atom stereocenters. The zero-order valence-corrected chi connectivity index (χ0v) is 15.1. The third-order valence-corrected chi connectivity index (χ3v) is 4.30. The van der Waals surface area contributed by atoms with Crippen LogP contribution in [0.25, 0.3) is 0 Å². The monoisotopic (exact) mass is 376 g/mol. The van der Waals surface area contributed by atoms with Gasteiger partial charge in [-0.1, -0.05) is 11.6 Å². The van der Waals surface area contributed by atoms with E-state index >= 15 is 0 Å². The van der Waals surface area contributed by atoms with E-state index in [0.717, 1.165) is 26.2 Å². The number of hydrogen-bond acceptors (Lipinski definition) is 8. The number of hydrogen-bond donors (Lipinski definition) is 4. The number of nitrogens with zero attached hydrogens (tertiary/aromatic N) is 4. The summed E-state index contributed by atoms with van der Waals surface area (Å²) in [6.45, 7) is 3.63. The van der Waals surface area contributed by atoms with Crippen molar-refractivity contribution in [1.29, 1.82) is 0 Å². The molecule has 0 saturated carbocycles. The maximum atomic E-state index is 12.1. The standard InChI is InChI=1S/C16H21ClN8O/c1-24-6-8-25(9-7-24)23-15-13(18)14(19-10-20-15)21-22-16(26)11-2-4-12(17)5-3-11/h2-5,10H,6-9,18H2,1H3,(H,22,26)(H2,19,20,21,23). The summed E-state index contributed by atoms with van der Waals surface area (Å²) in [7, 11) is 2.09. The smallest absolute Gasteiger partial charge is 0.269 e. The number of piperazine rings is 1. The topological polar surface area (TPSA) is 111 Å². The SMILES string of the molecule is CN1CCN(Nc2ncnc(NNC(=O)c3ccc(Cl)cc3)c2N)CC1. The van der Waals surface area contributed by atoms with Crippen LogP contribution in [-0.4, -0.2) is 59.0 Å². The van der Waals surface area contributed by atoms with Crippen LogP contribution in [-0.2, 0) is 0 Å². The Bertz CT molecular complexity index is 761. The Labute approximate surface area is 156 Å². The highest BCUT2D eigenvalue weighted by Crippen LogP contribution is 2.22. The van der Waals surface area contributed by atoms with Gasteiger partial charge in [-0.15, -0.1) is 0 Å². The molecule has 1 fully saturated rings. The average molecular weight is 377 g/mol. The Kier molecular flexibility index (Phi) is 5.71. The van der Waals surface area contributed by atoms with Crippen LogP contribution in [0.2, 0.25) is 5.02 Å². The molecule has 3 rings (SSSR count). The van der Waals surface area contributed by atoms with E-state index in [1.807, 2.05) is 0 Å². The minimum atomic E-state index is -0.326. The Morgan fingerprint density at radius 1 is 1.12 bits per heavy atom. The van der Waals surface area contributed by atoms with Crippen LogP contribution in [0.5, 0.6) is 0 Å². The van der Waals surface area contributed by atoms with Crippen molar-refractivity contribution in [3.63, 3.8) is 0 Å². The average Bonchev–Trinajstić information content (AvgIpc) is 2.64. The van der Waals surface area contributed by atoms with E-state index < -0.39 is 0 Å². The first-order valence-corrected chi connectivity index (χ1v) is 8.53. The lowest BCUT2D eigenvalue weighted by molar-refractivity contribution is 0.0962. The minimum absolute atomic E-state index is 0.318. The molecule has 5 N–H and O–H groups in total. The first-order chi connectivity index (χ1) is 12.5. The van der Waals surface area contributed by atoms with Crippen LogP contribution >= 0.6 is 11.6 Å². The summed E-state index contributed by atoms with van der Waals surface area (Å²) in [5.74, 6) is 0.486. The summed E-state index contributed by atoms with van der Waals surface area (Å²) < 4.78 is 0. The Morgan fingerprint density at radius 2 is 1.77 bits per heavy atom. The summed E-state index contributed by atoms with van der Waals surface area (Å²) in [5, 5.41) is 2.61. The number of amides is 1. The first kappa shape index (κ1) is 18.2. The van der Waals surface area contributed by atoms with Crippen molar-refractivity contribution in [3.8, 4) is 0 Å². The molecule has 9 nitrogen and oxygen atoms in total. The number of rotatable bonds is 5. The molecule has 138 valence electrons. The molecule has 1 amide bonds. The lowest BCUT2D eigenvalue weighted by Gasteiger charge is -2.32. The van der Waals surface area contributed by atoms with Crippen LogP contribution in [0, 0.1) is 0 Å². The van der Waals surface area contributed by atoms with Gasteiger partial charge in [-0.3, -0.25) is 15.6 Å². The summed E-state index contributed by atoms with van der Waals surface area (Å²) in [6.07, 6.45) is 1.38. The molecular formula is C16H21ClN8O. The van der Waals surface area contributed by atoms with Crippen LogP contribution in [0.15, 0.2) is 30.6 Å². The summed E-state index contributed by atoms with van der Waals surface area (Å²) >= 11 is 5.82. The molecule has 0 spiro atoms. The molecule has 2 aromatic rings. The lowest BCUT2D eigenvalue weighted by Crippen LogP contribution is -2.47. The van der Waals surface area contributed by atoms with Gasteiger partial charge in [0, 0.05) is 36.8 Å². The van der Waals surface area contributed by atoms with Crippen molar-refractivity contribution in [2.75, 3.05) is 49.8 Å². The van der Waals surface area contributed by atoms with Crippen molar-refractivity contribution in [1.82, 2.24) is 25.3 Å². The summed E-state index contributed by atoms with van der Waals surface area (Å²) in [4.78, 5) is 22.6. The van der Waals surface area contributed by atoms with Gasteiger partial charge >= 0.3 is 0 Å². The second-order valence-electron chi connectivity index (χ2n) is 5.97. The molecule has 1 aliphatic heterocycles. The molecule has 0 atom stereocenters. The molecule has 1 aromatic carbocycles. The van der Waals surface area contributed by atoms with Crippen LogP contribution in [0.4, 0.5) is 17.3 Å². The predicted octanol–water partition coefficient (Wildman–Crippen LogP) is 1.04. The fraction of sp³-hybridized carbons (Fsp3) is 0.312. The van der Waals surface area contributed by atoms with Crippen molar-refractivity contribution in [3.05, 3.63) is 41.2 Å². The van der Waals surface area contributed by atoms with Gasteiger partial charge in [0.05, 0.1) is 0 Å². The maximum absolute atomic E-state index is 12.1. The van der Waals surface area contributed by atoms with Gasteiger partial charge in [0.15, 0.2) is 11.6 Å². The molecule has 0 radical (unpaired) electrons. The van der Waals surface area contributed by atoms with E-state index in [-0.39, 0.29) is 5.91 Å². The van der Waals surface area contributed by atoms with E-state index in [1.54, 1.807) is 24.3 Å². The van der Waals surface area contributed by atoms with Crippen LogP contribution in [0.1, 0.15) is 10.4 Å². The number of nitrogens with two attached hydrogens (primary N) is 1. The second-order valence-corrected chi connectivity index (χ2v) is 6.41. The quantitative estimate of drug-likeness (QED) is 0.573. The number of aromatic nitrogens is 2. The third kappa shape index (κ3) is 4.51. The van der Waals surface area contributed by atoms with Gasteiger partial charge < -0.3 is 16.1 Å². The first-order valence-electron chi connectivity index (χ1n) is 8.15. The van der Waals surface area contributed by atoms with Gasteiger partial charge in [0.25, 0.3) is 5.91 Å². The van der Waals surface area contributed by atoms with E-state index in [0.29, 0.717) is 27.9 Å². The van der Waals surface area contributed by atoms with Crippen LogP contribution in [0.3, 0.4) is 0 Å². The molecule has 0 aliphatic carbocycles. The van der Waals surface area contributed by atoms with Gasteiger partial charge in [-0.05, 0) is 31.3 Å². The fourth-order valence-electron chi connectivity index (χ4n) is 2.44. The predicted molar refractivity (Wildman–Crippen MR) is 102 cm³/mol. The van der Waals surface area contributed by atoms with E-state index in [9.17, 15) is 4.79 Å². The zero-order valence-electron chi connectivity index (χ0n) is 14.4. The highest BCUT2D eigenvalue weighted by atomic mass is 35.5. The molecule has 1 aliphatic rings. The van der Waals surface area contributed by atoms with Gasteiger partial charge in [-0.2, -0.15) is 0 Å². The Balaban J connectivity index is 1.61. The number of halogens is 1. The number of nitrogens with one attached hydrogen (secondary N) is 3. The molecule has 10 heteroatoms. The zero-order chi connectivity index (χ0) is 18.5. The van der Waals surface area contributed by atoms with Crippen molar-refractivity contribution >= 4 is 34.8 Å². The molecule has 2 heterocycles. The Morgan fingerprint density at radius 3 is 2.46 bits per heavy atom. The fourth-order valence-corrected chi connectivity index (χ4v) is 2.57. The molecular weight excluding hydrogens is 356 g/mol. The van der Waals surface area contributed by atoms with Crippen molar-refractivity contribution in [2.24, 2.45) is 0 Å². The molecule has 1 aromatic heterocycles. The second kappa shape index (κ2) is 8.17. The minimum Gasteiger partial charge on any atom is -0.393 e. The van der Waals surface area contributed by atoms with E-state index in [2.05, 4.69) is 43.2 Å². The number of carbonyl (C=O) groups excluding carboxylic acids is 1. The number of benzene rings is 1. The number of hydrazine groups is 2. The van der Waals surface area contributed by atoms with Crippen LogP contribution < -0.4 is 22.0 Å². The normalized spacial score (nSPS) is 15.5. The highest BCUT2D eigenvalue weighted by molar-refractivity contribution is 6.30. The number of likely N-dealkylation sites (N-methyl/N-ethyl adjacent to an activating group) is 1. The third-order valence-electron chi connectivity index (χ3n) is 4.05. The van der Waals surface area contributed by atoms with Gasteiger partial charge in [0.1, 0.15) is 12.0 Å². The van der Waals surface area contributed by atoms with E-state index in [4.69, 9.17) is 17.3 Å². The van der Waals surface area contributed by atoms with E-state index in [1.165, 1.54) is 6.33 Å². The number of carbonyl (C=O) groups is 1. The van der Waals surface area contributed by atoms with Gasteiger partial charge in [-0.25, -0.2) is 15.0 Å². The summed E-state index contributed by atoms with van der Waals surface area (Å²) in [5.41, 5.74) is 15.4. The molecule has 26 heavy (non-hydrogen) atoms. The largest absolute Gasteiger partial charge is 0.393 e. The van der Waals surface area contributed by atoms with Crippen molar-refractivity contribution < 1.29 is 4.79 Å². The Hall–Kier alpha value is -2.62. The molecule has 0 bridgehead atoms. The highest BCUT2D eigenvalue weighted by Gasteiger charge is 2.16. The lowest BCUT2D eigenvalue weighted by atomic mass is 10.2. The summed E-state index contributed by atoms with van der Waals surface area (Å²) in [6, 6.07) is 6.55. The number of anilines is 3. The number of nitrogen functional groups attached to an aromatic ring is 1. The maximum Gasteiger partial charge on any atom is 0.269 e. The van der Waals surface area contributed by atoms with Gasteiger partial charge in [0.2, 0.25) is 0 Å².